The molecule has 1 aliphatic heterocycles. The van der Waals surface area contributed by atoms with E-state index in [2.05, 4.69) is 0 Å². The maximum atomic E-state index is 13.1. The van der Waals surface area contributed by atoms with E-state index < -0.39 is 16.5 Å². The molecule has 152 valence electrons. The summed E-state index contributed by atoms with van der Waals surface area (Å²) < 4.78 is 15.7. The lowest BCUT2D eigenvalue weighted by Gasteiger charge is -2.27. The molecule has 0 atom stereocenters. The van der Waals surface area contributed by atoms with Crippen LogP contribution in [0, 0.1) is 10.1 Å². The third kappa shape index (κ3) is 3.87. The Hall–Kier alpha value is -3.55. The Labute approximate surface area is 168 Å². The van der Waals surface area contributed by atoms with E-state index >= 15 is 0 Å². The zero-order valence-corrected chi connectivity index (χ0v) is 16.5. The minimum absolute atomic E-state index is 0.0724. The molecule has 3 rings (SSSR count). The molecule has 29 heavy (non-hydrogen) atoms. The molecule has 0 unspecified atom stereocenters. The summed E-state index contributed by atoms with van der Waals surface area (Å²) >= 11 is 0. The van der Waals surface area contributed by atoms with Gasteiger partial charge in [0.25, 0.3) is 5.91 Å². The van der Waals surface area contributed by atoms with Gasteiger partial charge >= 0.3 is 5.69 Å². The number of rotatable bonds is 6. The van der Waals surface area contributed by atoms with Crippen LogP contribution in [0.15, 0.2) is 42.5 Å². The number of hydrogen-bond donors (Lipinski definition) is 0. The molecule has 0 radical (unpaired) electrons. The number of carbonyl (C=O) groups excluding carboxylic acids is 1. The van der Waals surface area contributed by atoms with Crippen molar-refractivity contribution in [2.45, 2.75) is 6.42 Å². The largest absolute Gasteiger partial charge is 0.493 e. The fraction of sp³-hybridized carbons (Fsp3) is 0.286. The highest BCUT2D eigenvalue weighted by Gasteiger charge is 2.34. The Morgan fingerprint density at radius 1 is 1.07 bits per heavy atom. The molecular formula is C21H22N2O6. The summed E-state index contributed by atoms with van der Waals surface area (Å²) in [5, 5.41) is 11.7. The van der Waals surface area contributed by atoms with Gasteiger partial charge in [-0.1, -0.05) is 36.4 Å². The first kappa shape index (κ1) is 20.2. The third-order valence-electron chi connectivity index (χ3n) is 4.86. The van der Waals surface area contributed by atoms with Gasteiger partial charge in [-0.05, 0) is 17.6 Å². The molecule has 0 bridgehead atoms. The number of nitro benzene ring substituents is 1. The van der Waals surface area contributed by atoms with Gasteiger partial charge in [0.05, 0.1) is 26.3 Å². The Balaban J connectivity index is 1.97. The molecule has 0 spiro atoms. The molecule has 0 aromatic heterocycles. The van der Waals surface area contributed by atoms with Gasteiger partial charge in [0, 0.05) is 19.2 Å². The van der Waals surface area contributed by atoms with Crippen molar-refractivity contribution in [3.8, 4) is 17.2 Å². The van der Waals surface area contributed by atoms with Crippen LogP contribution in [0.2, 0.25) is 0 Å². The Morgan fingerprint density at radius 3 is 2.28 bits per heavy atom. The van der Waals surface area contributed by atoms with Gasteiger partial charge in [-0.15, -0.1) is 0 Å². The normalized spacial score (nSPS) is 13.5. The highest BCUT2D eigenvalue weighted by atomic mass is 16.6. The fourth-order valence-corrected chi connectivity index (χ4v) is 3.42. The second-order valence-corrected chi connectivity index (χ2v) is 6.40. The van der Waals surface area contributed by atoms with Crippen molar-refractivity contribution in [3.63, 3.8) is 0 Å². The minimum Gasteiger partial charge on any atom is -0.493 e. The molecule has 2 aromatic carbocycles. The second kappa shape index (κ2) is 8.64. The van der Waals surface area contributed by atoms with Crippen LogP contribution < -0.4 is 14.2 Å². The molecule has 0 saturated carbocycles. The van der Waals surface area contributed by atoms with Crippen molar-refractivity contribution < 1.29 is 23.9 Å². The molecule has 0 aliphatic carbocycles. The lowest BCUT2D eigenvalue weighted by molar-refractivity contribution is -0.386. The van der Waals surface area contributed by atoms with Gasteiger partial charge in [-0.3, -0.25) is 14.9 Å². The molecule has 0 N–H and O–H groups in total. The lowest BCUT2D eigenvalue weighted by atomic mass is 9.99. The van der Waals surface area contributed by atoms with E-state index in [1.54, 1.807) is 4.90 Å². The van der Waals surface area contributed by atoms with E-state index in [9.17, 15) is 14.9 Å². The quantitative estimate of drug-likeness (QED) is 0.546. The standard InChI is InChI=1S/C21H22N2O6/c1-27-17-13-16(18(23(25)26)20(29-3)19(17)28-2)21(24)22-11-9-15(10-12-22)14-7-5-4-6-8-14/h4-9,13H,10-12H2,1-3H3. The third-order valence-corrected chi connectivity index (χ3v) is 4.86. The van der Waals surface area contributed by atoms with Crippen molar-refractivity contribution in [3.05, 3.63) is 63.7 Å². The van der Waals surface area contributed by atoms with Crippen molar-refractivity contribution in [1.29, 1.82) is 0 Å². The van der Waals surface area contributed by atoms with E-state index in [-0.39, 0.29) is 22.8 Å². The van der Waals surface area contributed by atoms with Gasteiger partial charge < -0.3 is 19.1 Å². The number of methoxy groups -OCH3 is 3. The number of hydrogen-bond acceptors (Lipinski definition) is 6. The summed E-state index contributed by atoms with van der Waals surface area (Å²) in [5.41, 5.74) is 1.72. The van der Waals surface area contributed by atoms with Crippen LogP contribution >= 0.6 is 0 Å². The van der Waals surface area contributed by atoms with E-state index in [1.165, 1.54) is 27.4 Å². The van der Waals surface area contributed by atoms with Crippen LogP contribution in [-0.4, -0.2) is 50.1 Å². The summed E-state index contributed by atoms with van der Waals surface area (Å²) in [6.07, 6.45) is 2.63. The van der Waals surface area contributed by atoms with Crippen molar-refractivity contribution >= 4 is 17.2 Å². The topological polar surface area (TPSA) is 91.1 Å². The smallest absolute Gasteiger partial charge is 0.327 e. The first-order valence-corrected chi connectivity index (χ1v) is 9.02. The fourth-order valence-electron chi connectivity index (χ4n) is 3.42. The van der Waals surface area contributed by atoms with Gasteiger partial charge in [0.2, 0.25) is 11.5 Å². The van der Waals surface area contributed by atoms with E-state index in [0.717, 1.165) is 11.1 Å². The van der Waals surface area contributed by atoms with Crippen LogP contribution in [0.4, 0.5) is 5.69 Å². The van der Waals surface area contributed by atoms with Crippen LogP contribution in [0.25, 0.3) is 5.57 Å². The SMILES string of the molecule is COc1cc(C(=O)N2CC=C(c3ccccc3)CC2)c([N+](=O)[O-])c(OC)c1OC. The minimum atomic E-state index is -0.636. The van der Waals surface area contributed by atoms with Crippen molar-refractivity contribution in [2.24, 2.45) is 0 Å². The van der Waals surface area contributed by atoms with Gasteiger partial charge in [0.15, 0.2) is 5.75 Å². The highest BCUT2D eigenvalue weighted by Crippen LogP contribution is 2.46. The number of benzene rings is 2. The van der Waals surface area contributed by atoms with Crippen LogP contribution in [-0.2, 0) is 0 Å². The Kier molecular flexibility index (Phi) is 6.01. The maximum Gasteiger partial charge on any atom is 0.327 e. The molecule has 1 aliphatic rings. The zero-order chi connectivity index (χ0) is 21.0. The number of ether oxygens (including phenoxy) is 3. The number of carbonyl (C=O) groups is 1. The first-order chi connectivity index (χ1) is 14.0. The highest BCUT2D eigenvalue weighted by molar-refractivity contribution is 6.01. The van der Waals surface area contributed by atoms with E-state index in [1.807, 2.05) is 36.4 Å². The number of nitro groups is 1. The molecule has 8 nitrogen and oxygen atoms in total. The zero-order valence-electron chi connectivity index (χ0n) is 16.5. The first-order valence-electron chi connectivity index (χ1n) is 9.02. The van der Waals surface area contributed by atoms with Gasteiger partial charge in [0.1, 0.15) is 5.56 Å². The van der Waals surface area contributed by atoms with Gasteiger partial charge in [-0.2, -0.15) is 0 Å². The summed E-state index contributed by atoms with van der Waals surface area (Å²) in [4.78, 5) is 25.8. The lowest BCUT2D eigenvalue weighted by Crippen LogP contribution is -2.35. The molecule has 1 heterocycles. The van der Waals surface area contributed by atoms with Gasteiger partial charge in [-0.25, -0.2) is 0 Å². The molecule has 0 saturated heterocycles. The number of nitrogens with zero attached hydrogens (tertiary/aromatic N) is 2. The summed E-state index contributed by atoms with van der Waals surface area (Å²) in [5.74, 6) is -0.337. The summed E-state index contributed by atoms with van der Waals surface area (Å²) in [6, 6.07) is 11.3. The monoisotopic (exact) mass is 398 g/mol. The van der Waals surface area contributed by atoms with Crippen molar-refractivity contribution in [2.75, 3.05) is 34.4 Å². The van der Waals surface area contributed by atoms with Crippen molar-refractivity contribution in [1.82, 2.24) is 4.90 Å². The molecular weight excluding hydrogens is 376 g/mol. The Morgan fingerprint density at radius 2 is 1.76 bits per heavy atom. The molecule has 2 aromatic rings. The average Bonchev–Trinajstić information content (AvgIpc) is 2.77. The molecule has 1 amide bonds. The predicted molar refractivity (Wildman–Crippen MR) is 108 cm³/mol. The Bertz CT molecular complexity index is 955. The van der Waals surface area contributed by atoms with Crippen LogP contribution in [0.1, 0.15) is 22.3 Å². The second-order valence-electron chi connectivity index (χ2n) is 6.40. The predicted octanol–water partition coefficient (Wildman–Crippen LogP) is 3.55. The van der Waals surface area contributed by atoms with E-state index in [4.69, 9.17) is 14.2 Å². The van der Waals surface area contributed by atoms with E-state index in [0.29, 0.717) is 19.5 Å². The maximum absolute atomic E-state index is 13.1. The van der Waals surface area contributed by atoms with Crippen LogP contribution in [0.3, 0.4) is 0 Å². The molecule has 8 heteroatoms. The average molecular weight is 398 g/mol. The van der Waals surface area contributed by atoms with Crippen LogP contribution in [0.5, 0.6) is 17.2 Å². The molecule has 0 fully saturated rings. The summed E-state index contributed by atoms with van der Waals surface area (Å²) in [6.45, 7) is 0.810. The summed E-state index contributed by atoms with van der Waals surface area (Å²) in [7, 11) is 4.04. The number of amides is 1.